The lowest BCUT2D eigenvalue weighted by molar-refractivity contribution is -0.145. The van der Waals surface area contributed by atoms with E-state index in [4.69, 9.17) is 9.47 Å². The second-order valence-corrected chi connectivity index (χ2v) is 9.36. The Morgan fingerprint density at radius 2 is 1.90 bits per heavy atom. The molecule has 1 atom stereocenters. The lowest BCUT2D eigenvalue weighted by Crippen LogP contribution is -2.55. The highest BCUT2D eigenvalue weighted by Gasteiger charge is 2.33. The Hall–Kier alpha value is -2.53. The van der Waals surface area contributed by atoms with Gasteiger partial charge in [0.15, 0.2) is 15.8 Å². The summed E-state index contributed by atoms with van der Waals surface area (Å²) in [5.41, 5.74) is 0. The fraction of sp³-hybridized carbons (Fsp3) is 0.500. The Kier molecular flexibility index (Phi) is 7.13. The van der Waals surface area contributed by atoms with Crippen molar-refractivity contribution in [1.82, 2.24) is 20.0 Å². The summed E-state index contributed by atoms with van der Waals surface area (Å²) in [4.78, 5) is 28.9. The summed E-state index contributed by atoms with van der Waals surface area (Å²) in [7, 11) is 0. The molecule has 2 aliphatic rings. The molecule has 1 N–H and O–H groups in total. The van der Waals surface area contributed by atoms with Gasteiger partial charge in [-0.25, -0.2) is 0 Å². The summed E-state index contributed by atoms with van der Waals surface area (Å²) in [5.74, 6) is 1.50. The van der Waals surface area contributed by atoms with Gasteiger partial charge in [0.2, 0.25) is 17.1 Å². The van der Waals surface area contributed by atoms with Gasteiger partial charge in [-0.1, -0.05) is 42.2 Å². The van der Waals surface area contributed by atoms with Crippen LogP contribution in [0.2, 0.25) is 0 Å². The van der Waals surface area contributed by atoms with E-state index in [0.29, 0.717) is 43.4 Å². The molecule has 2 aromatic rings. The summed E-state index contributed by atoms with van der Waals surface area (Å²) < 4.78 is 12.2. The molecule has 9 nitrogen and oxygen atoms in total. The maximum Gasteiger partial charge on any atom is 0.267 e. The molecule has 0 unspecified atom stereocenters. The molecule has 0 spiro atoms. The van der Waals surface area contributed by atoms with E-state index in [9.17, 15) is 9.59 Å². The van der Waals surface area contributed by atoms with Gasteiger partial charge in [0.05, 0.1) is 5.75 Å². The minimum Gasteiger partial charge on any atom is -0.485 e. The minimum atomic E-state index is -0.652. The van der Waals surface area contributed by atoms with Crippen LogP contribution in [0.1, 0.15) is 13.3 Å². The number of aromatic nitrogens is 2. The number of rotatable bonds is 7. The second-order valence-electron chi connectivity index (χ2n) is 7.16. The molecule has 11 heteroatoms. The molecule has 4 rings (SSSR count). The van der Waals surface area contributed by atoms with Gasteiger partial charge in [0.1, 0.15) is 6.61 Å². The van der Waals surface area contributed by atoms with Crippen molar-refractivity contribution in [1.29, 1.82) is 0 Å². The van der Waals surface area contributed by atoms with Crippen LogP contribution in [0, 0.1) is 0 Å². The van der Waals surface area contributed by atoms with E-state index in [-0.39, 0.29) is 18.4 Å². The third kappa shape index (κ3) is 5.40. The van der Waals surface area contributed by atoms with Gasteiger partial charge in [-0.15, -0.1) is 10.2 Å². The molecule has 0 bridgehead atoms. The van der Waals surface area contributed by atoms with Crippen molar-refractivity contribution in [2.75, 3.05) is 50.4 Å². The molecule has 1 saturated heterocycles. The number of nitrogens with one attached hydrogen (secondary N) is 1. The number of para-hydroxylation sites is 2. The maximum absolute atomic E-state index is 12.8. The van der Waals surface area contributed by atoms with Gasteiger partial charge < -0.3 is 24.6 Å². The van der Waals surface area contributed by atoms with Crippen LogP contribution in [-0.2, 0) is 9.59 Å². The molecule has 2 amide bonds. The summed E-state index contributed by atoms with van der Waals surface area (Å²) in [6.07, 6.45) is 0.364. The fourth-order valence-electron chi connectivity index (χ4n) is 3.31. The van der Waals surface area contributed by atoms with Crippen molar-refractivity contribution in [2.45, 2.75) is 23.8 Å². The summed E-state index contributed by atoms with van der Waals surface area (Å²) in [6, 6.07) is 7.33. The Bertz CT molecular complexity index is 916. The SMILES string of the molecule is CCCNc1nnc(SCC(=O)N2CCN(C(=O)[C@@H]3COc4ccccc4O3)CC2)s1. The van der Waals surface area contributed by atoms with Crippen LogP contribution in [0.5, 0.6) is 11.5 Å². The molecule has 1 aromatic heterocycles. The molecule has 0 aliphatic carbocycles. The zero-order valence-electron chi connectivity index (χ0n) is 17.3. The quantitative estimate of drug-likeness (QED) is 0.623. The first-order valence-electron chi connectivity index (χ1n) is 10.3. The van der Waals surface area contributed by atoms with Gasteiger partial charge >= 0.3 is 0 Å². The lowest BCUT2D eigenvalue weighted by Gasteiger charge is -2.37. The van der Waals surface area contributed by atoms with Gasteiger partial charge in [0.25, 0.3) is 5.91 Å². The Labute approximate surface area is 189 Å². The molecular weight excluding hydrogens is 438 g/mol. The molecule has 1 aromatic carbocycles. The second kappa shape index (κ2) is 10.2. The van der Waals surface area contributed by atoms with Crippen molar-refractivity contribution in [3.05, 3.63) is 24.3 Å². The van der Waals surface area contributed by atoms with Gasteiger partial charge in [0, 0.05) is 32.7 Å². The van der Waals surface area contributed by atoms with E-state index in [2.05, 4.69) is 22.4 Å². The number of carbonyl (C=O) groups is 2. The van der Waals surface area contributed by atoms with E-state index in [0.717, 1.165) is 22.4 Å². The number of nitrogens with zero attached hydrogens (tertiary/aromatic N) is 4. The van der Waals surface area contributed by atoms with Gasteiger partial charge in [-0.2, -0.15) is 0 Å². The average molecular weight is 464 g/mol. The number of thioether (sulfide) groups is 1. The van der Waals surface area contributed by atoms with E-state index >= 15 is 0 Å². The zero-order valence-corrected chi connectivity index (χ0v) is 18.9. The van der Waals surface area contributed by atoms with Crippen LogP contribution in [-0.4, -0.2) is 83.0 Å². The third-order valence-corrected chi connectivity index (χ3v) is 6.98. The number of hydrogen-bond donors (Lipinski definition) is 1. The number of amides is 2. The molecule has 0 radical (unpaired) electrons. The minimum absolute atomic E-state index is 0.0431. The highest BCUT2D eigenvalue weighted by molar-refractivity contribution is 8.01. The van der Waals surface area contributed by atoms with Crippen LogP contribution in [0.3, 0.4) is 0 Å². The number of hydrogen-bond acceptors (Lipinski definition) is 9. The molecular formula is C20H25N5O4S2. The molecule has 3 heterocycles. The van der Waals surface area contributed by atoms with Crippen molar-refractivity contribution < 1.29 is 19.1 Å². The number of anilines is 1. The average Bonchev–Trinajstić information content (AvgIpc) is 3.28. The van der Waals surface area contributed by atoms with Crippen LogP contribution in [0.4, 0.5) is 5.13 Å². The first-order valence-corrected chi connectivity index (χ1v) is 12.1. The molecule has 166 valence electrons. The molecule has 0 saturated carbocycles. The topological polar surface area (TPSA) is 96.9 Å². The standard InChI is InChI=1S/C20H25N5O4S2/c1-2-7-21-19-22-23-20(31-19)30-13-17(26)24-8-10-25(11-9-24)18(27)16-12-28-14-5-3-4-6-15(14)29-16/h3-6,16H,2,7-13H2,1H3,(H,21,22)/t16-/m0/s1. The Morgan fingerprint density at radius 1 is 1.16 bits per heavy atom. The van der Waals surface area contributed by atoms with Crippen LogP contribution < -0.4 is 14.8 Å². The number of benzene rings is 1. The Morgan fingerprint density at radius 3 is 2.68 bits per heavy atom. The summed E-state index contributed by atoms with van der Waals surface area (Å²) >= 11 is 2.85. The van der Waals surface area contributed by atoms with Crippen LogP contribution in [0.25, 0.3) is 0 Å². The molecule has 1 fully saturated rings. The van der Waals surface area contributed by atoms with Crippen molar-refractivity contribution in [3.63, 3.8) is 0 Å². The van der Waals surface area contributed by atoms with Gasteiger partial charge in [-0.05, 0) is 18.6 Å². The lowest BCUT2D eigenvalue weighted by atomic mass is 10.2. The molecule has 2 aliphatic heterocycles. The predicted octanol–water partition coefficient (Wildman–Crippen LogP) is 1.96. The Balaban J connectivity index is 1.21. The monoisotopic (exact) mass is 463 g/mol. The fourth-order valence-corrected chi connectivity index (χ4v) is 4.99. The summed E-state index contributed by atoms with van der Waals surface area (Å²) in [6.45, 7) is 5.13. The van der Waals surface area contributed by atoms with E-state index < -0.39 is 6.10 Å². The van der Waals surface area contributed by atoms with Crippen molar-refractivity contribution >= 4 is 40.0 Å². The van der Waals surface area contributed by atoms with Crippen molar-refractivity contribution in [2.24, 2.45) is 0 Å². The number of fused-ring (bicyclic) bond motifs is 1. The number of piperazine rings is 1. The highest BCUT2D eigenvalue weighted by Crippen LogP contribution is 2.31. The first kappa shape index (κ1) is 21.7. The van der Waals surface area contributed by atoms with E-state index in [1.807, 2.05) is 18.2 Å². The van der Waals surface area contributed by atoms with Gasteiger partial charge in [-0.3, -0.25) is 9.59 Å². The highest BCUT2D eigenvalue weighted by atomic mass is 32.2. The largest absolute Gasteiger partial charge is 0.485 e. The van der Waals surface area contributed by atoms with E-state index in [1.54, 1.807) is 15.9 Å². The van der Waals surface area contributed by atoms with E-state index in [1.165, 1.54) is 23.1 Å². The molecule has 31 heavy (non-hydrogen) atoms. The maximum atomic E-state index is 12.8. The number of ether oxygens (including phenoxy) is 2. The van der Waals surface area contributed by atoms with Crippen LogP contribution in [0.15, 0.2) is 28.6 Å². The van der Waals surface area contributed by atoms with Crippen LogP contribution >= 0.6 is 23.1 Å². The number of carbonyl (C=O) groups excluding carboxylic acids is 2. The smallest absolute Gasteiger partial charge is 0.267 e. The first-order chi connectivity index (χ1) is 15.1. The predicted molar refractivity (Wildman–Crippen MR) is 119 cm³/mol. The summed E-state index contributed by atoms with van der Waals surface area (Å²) in [5, 5.41) is 12.2. The normalized spacial score (nSPS) is 18.0. The third-order valence-electron chi connectivity index (χ3n) is 4.98. The van der Waals surface area contributed by atoms with Crippen molar-refractivity contribution in [3.8, 4) is 11.5 Å². The zero-order chi connectivity index (χ0) is 21.6.